The SMILES string of the molecule is Cc1cc(N(c2cc(C3CCOC3)c(Cl)c3c2=NC(C)(C)N=3)c2cc(C3CCOC3)c(-c3ccc4ccccc4c3)c3c2=NC(C)(C)N=3)c2c(c1-c1c3ccccc3cc3ccccc13)=NC(C)(C)N=2. The minimum absolute atomic E-state index is 0.0798. The number of anilines is 3. The first-order chi connectivity index (χ1) is 33.7. The van der Waals surface area contributed by atoms with Crippen molar-refractivity contribution in [1.82, 2.24) is 0 Å². The largest absolute Gasteiger partial charge is 0.381 e. The standard InChI is InChI=1S/C60H54ClN7O2/c1-33-26-45(52-55(65-58(2,3)62-52)48(33)50-41-18-12-10-16-36(41)28-37-17-11-13-19-42(37)50)68(47-30-44(40-23-25-70-32-40)51(61)57-54(47)64-60(6,7)67-57)46-29-43(39-22-24-69-31-39)49(56-53(46)63-59(4,5)66-56)38-21-20-34-14-8-9-15-35(34)27-38/h8-21,26-30,39-40H,22-25,31-32H2,1-7H3. The smallest absolute Gasteiger partial charge is 0.146 e. The van der Waals surface area contributed by atoms with Gasteiger partial charge in [0.15, 0.2) is 0 Å². The van der Waals surface area contributed by atoms with Crippen molar-refractivity contribution in [3.63, 3.8) is 0 Å². The molecule has 0 amide bonds. The number of hydrogen-bond donors (Lipinski definition) is 0. The van der Waals surface area contributed by atoms with E-state index in [0.717, 1.165) is 90.1 Å². The van der Waals surface area contributed by atoms with E-state index in [1.54, 1.807) is 0 Å². The summed E-state index contributed by atoms with van der Waals surface area (Å²) in [5.74, 6) is 0.191. The molecule has 0 saturated carbocycles. The van der Waals surface area contributed by atoms with Crippen molar-refractivity contribution in [3.05, 3.63) is 169 Å². The van der Waals surface area contributed by atoms with E-state index in [1.165, 1.54) is 37.9 Å². The van der Waals surface area contributed by atoms with Crippen LogP contribution in [-0.4, -0.2) is 43.4 Å². The summed E-state index contributed by atoms with van der Waals surface area (Å²) >= 11 is 7.53. The number of halogens is 1. The first kappa shape index (κ1) is 43.4. The van der Waals surface area contributed by atoms with Gasteiger partial charge in [0.25, 0.3) is 0 Å². The number of benzene rings is 8. The fraction of sp³-hybridized carbons (Fsp3) is 0.300. The van der Waals surface area contributed by atoms with Gasteiger partial charge in [0.05, 0.1) is 46.0 Å². The minimum Gasteiger partial charge on any atom is -0.381 e. The molecule has 0 aromatic heterocycles. The van der Waals surface area contributed by atoms with Crippen LogP contribution in [0.15, 0.2) is 145 Å². The van der Waals surface area contributed by atoms with Gasteiger partial charge in [-0.15, -0.1) is 0 Å². The van der Waals surface area contributed by atoms with Crippen molar-refractivity contribution in [2.75, 3.05) is 31.3 Å². The van der Waals surface area contributed by atoms with Crippen LogP contribution in [0.1, 0.15) is 82.9 Å². The summed E-state index contributed by atoms with van der Waals surface area (Å²) in [5.41, 5.74) is 8.03. The minimum atomic E-state index is -0.766. The first-order valence-corrected chi connectivity index (χ1v) is 25.1. The van der Waals surface area contributed by atoms with Crippen molar-refractivity contribution in [2.24, 2.45) is 30.0 Å². The molecule has 2 saturated heterocycles. The molecule has 8 aromatic rings. The Morgan fingerprint density at radius 2 is 0.943 bits per heavy atom. The highest BCUT2D eigenvalue weighted by molar-refractivity contribution is 6.31. The zero-order valence-corrected chi connectivity index (χ0v) is 41.4. The van der Waals surface area contributed by atoms with E-state index < -0.39 is 17.0 Å². The fourth-order valence-corrected chi connectivity index (χ4v) is 12.1. The summed E-state index contributed by atoms with van der Waals surface area (Å²) in [5, 5.41) is 12.5. The van der Waals surface area contributed by atoms with Gasteiger partial charge in [0, 0.05) is 36.2 Å². The highest BCUT2D eigenvalue weighted by Gasteiger charge is 2.36. The molecule has 9 nitrogen and oxygen atoms in total. The molecular weight excluding hydrogens is 886 g/mol. The van der Waals surface area contributed by atoms with Crippen LogP contribution < -0.4 is 37.0 Å². The van der Waals surface area contributed by atoms with Crippen LogP contribution in [0.4, 0.5) is 17.1 Å². The van der Waals surface area contributed by atoms with E-state index >= 15 is 0 Å². The van der Waals surface area contributed by atoms with E-state index in [9.17, 15) is 0 Å². The number of aryl methyl sites for hydroxylation is 1. The van der Waals surface area contributed by atoms with Crippen LogP contribution >= 0.6 is 11.6 Å². The molecule has 0 bridgehead atoms. The lowest BCUT2D eigenvalue weighted by Crippen LogP contribution is -2.40. The summed E-state index contributed by atoms with van der Waals surface area (Å²) in [7, 11) is 0. The van der Waals surface area contributed by atoms with Gasteiger partial charge in [-0.05, 0) is 152 Å². The zero-order valence-electron chi connectivity index (χ0n) is 40.7. The summed E-state index contributed by atoms with van der Waals surface area (Å²) in [6.07, 6.45) is 1.74. The Kier molecular flexibility index (Phi) is 9.71. The van der Waals surface area contributed by atoms with Crippen LogP contribution in [0.25, 0.3) is 54.6 Å². The monoisotopic (exact) mass is 939 g/mol. The molecular formula is C60H54ClN7O2. The van der Waals surface area contributed by atoms with Gasteiger partial charge in [0.2, 0.25) is 0 Å². The second-order valence-electron chi connectivity index (χ2n) is 21.2. The molecule has 0 aliphatic carbocycles. The summed E-state index contributed by atoms with van der Waals surface area (Å²) in [6.45, 7) is 17.2. The van der Waals surface area contributed by atoms with E-state index in [1.807, 2.05) is 13.8 Å². The van der Waals surface area contributed by atoms with Gasteiger partial charge in [-0.25, -0.2) is 0 Å². The highest BCUT2D eigenvalue weighted by Crippen LogP contribution is 2.43. The van der Waals surface area contributed by atoms with Crippen molar-refractivity contribution in [2.45, 2.75) is 90.1 Å². The van der Waals surface area contributed by atoms with Crippen molar-refractivity contribution >= 4 is 61.0 Å². The van der Waals surface area contributed by atoms with E-state index in [2.05, 4.69) is 155 Å². The van der Waals surface area contributed by atoms with Crippen LogP contribution in [0, 0.1) is 6.92 Å². The second kappa shape index (κ2) is 15.7. The molecule has 70 heavy (non-hydrogen) atoms. The normalized spacial score (nSPS) is 20.0. The van der Waals surface area contributed by atoms with Gasteiger partial charge in [-0.2, -0.15) is 0 Å². The Balaban J connectivity index is 1.19. The molecule has 13 rings (SSSR count). The van der Waals surface area contributed by atoms with Gasteiger partial charge >= 0.3 is 0 Å². The molecule has 8 aromatic carbocycles. The van der Waals surface area contributed by atoms with Gasteiger partial charge < -0.3 is 14.4 Å². The number of fused-ring (bicyclic) bond motifs is 6. The van der Waals surface area contributed by atoms with Crippen LogP contribution in [0.3, 0.4) is 0 Å². The quantitative estimate of drug-likeness (QED) is 0.149. The second-order valence-corrected chi connectivity index (χ2v) is 21.6. The maximum Gasteiger partial charge on any atom is 0.146 e. The average Bonchev–Trinajstić information content (AvgIpc) is 4.20. The Morgan fingerprint density at radius 1 is 0.471 bits per heavy atom. The Labute approximate surface area is 411 Å². The van der Waals surface area contributed by atoms with E-state index in [4.69, 9.17) is 51.0 Å². The van der Waals surface area contributed by atoms with Gasteiger partial charge in [0.1, 0.15) is 38.4 Å². The number of nitrogens with zero attached hydrogens (tertiary/aromatic N) is 7. The topological polar surface area (TPSA) is 95.9 Å². The third-order valence-electron chi connectivity index (χ3n) is 14.8. The molecule has 0 spiro atoms. The lowest BCUT2D eigenvalue weighted by atomic mass is 9.87. The summed E-state index contributed by atoms with van der Waals surface area (Å²) in [4.78, 5) is 35.4. The summed E-state index contributed by atoms with van der Waals surface area (Å²) < 4.78 is 12.3. The number of hydrogen-bond acceptors (Lipinski definition) is 9. The molecule has 348 valence electrons. The molecule has 0 N–H and O–H groups in total. The molecule has 5 aliphatic heterocycles. The van der Waals surface area contributed by atoms with E-state index in [0.29, 0.717) is 36.8 Å². The van der Waals surface area contributed by atoms with Crippen molar-refractivity contribution in [1.29, 1.82) is 0 Å². The zero-order chi connectivity index (χ0) is 47.8. The molecule has 2 fully saturated rings. The molecule has 2 unspecified atom stereocenters. The maximum atomic E-state index is 7.53. The molecule has 2 atom stereocenters. The van der Waals surface area contributed by atoms with Gasteiger partial charge in [-0.1, -0.05) is 96.5 Å². The van der Waals surface area contributed by atoms with Crippen LogP contribution in [-0.2, 0) is 9.47 Å². The van der Waals surface area contributed by atoms with Crippen LogP contribution in [0.2, 0.25) is 5.02 Å². The molecule has 5 aliphatic rings. The predicted molar refractivity (Wildman–Crippen MR) is 280 cm³/mol. The van der Waals surface area contributed by atoms with Crippen LogP contribution in [0.5, 0.6) is 0 Å². The number of ether oxygens (including phenoxy) is 2. The average molecular weight is 941 g/mol. The molecule has 0 radical (unpaired) electrons. The fourth-order valence-electron chi connectivity index (χ4n) is 11.8. The Bertz CT molecular complexity index is 3950. The van der Waals surface area contributed by atoms with E-state index in [-0.39, 0.29) is 11.8 Å². The van der Waals surface area contributed by atoms with Gasteiger partial charge in [-0.3, -0.25) is 30.0 Å². The predicted octanol–water partition coefficient (Wildman–Crippen LogP) is 10.9. The maximum absolute atomic E-state index is 7.53. The third kappa shape index (κ3) is 6.95. The Hall–Kier alpha value is -6.65. The molecule has 5 heterocycles. The lowest BCUT2D eigenvalue weighted by molar-refractivity contribution is 0.194. The number of rotatable bonds is 7. The highest BCUT2D eigenvalue weighted by atomic mass is 35.5. The summed E-state index contributed by atoms with van der Waals surface area (Å²) in [6, 6.07) is 42.0. The van der Waals surface area contributed by atoms with Crippen molar-refractivity contribution < 1.29 is 9.47 Å². The van der Waals surface area contributed by atoms with Crippen molar-refractivity contribution in [3.8, 4) is 22.3 Å². The first-order valence-electron chi connectivity index (χ1n) is 24.7. The Morgan fingerprint density at radius 3 is 1.53 bits per heavy atom. The lowest BCUT2D eigenvalue weighted by Gasteiger charge is -2.29. The molecule has 10 heteroatoms. The third-order valence-corrected chi connectivity index (χ3v) is 15.2.